The van der Waals surface area contributed by atoms with E-state index in [9.17, 15) is 14.0 Å². The summed E-state index contributed by atoms with van der Waals surface area (Å²) >= 11 is 0. The van der Waals surface area contributed by atoms with Gasteiger partial charge in [-0.1, -0.05) is 12.5 Å². The maximum Gasteiger partial charge on any atom is 0.255 e. The van der Waals surface area contributed by atoms with E-state index in [1.807, 2.05) is 0 Å². The van der Waals surface area contributed by atoms with Gasteiger partial charge in [-0.3, -0.25) is 9.59 Å². The number of nitrogens with zero attached hydrogens (tertiary/aromatic N) is 5. The maximum atomic E-state index is 15.2. The Bertz CT molecular complexity index is 1500. The van der Waals surface area contributed by atoms with Crippen molar-refractivity contribution in [3.8, 4) is 11.8 Å². The molecular weight excluding hydrogens is 484 g/mol. The fraction of sp³-hybridized carbons (Fsp3) is 0.360. The number of methoxy groups -OCH3 is 1. The number of anilines is 1. The van der Waals surface area contributed by atoms with Gasteiger partial charge in [-0.05, 0) is 31.3 Å². The number of rotatable bonds is 6. The number of primary amides is 1. The first-order valence-corrected chi connectivity index (χ1v) is 11.7. The Morgan fingerprint density at radius 2 is 2.05 bits per heavy atom. The van der Waals surface area contributed by atoms with E-state index in [4.69, 9.17) is 16.2 Å². The maximum absolute atomic E-state index is 15.2. The van der Waals surface area contributed by atoms with E-state index in [0.29, 0.717) is 11.9 Å². The van der Waals surface area contributed by atoms with Crippen molar-refractivity contribution in [1.82, 2.24) is 24.2 Å². The number of carbonyl (C=O) groups is 2. The van der Waals surface area contributed by atoms with Crippen LogP contribution in [0.25, 0.3) is 11.0 Å². The molecule has 1 saturated carbocycles. The Hall–Kier alpha value is -4.24. The molecule has 1 aromatic carbocycles. The minimum absolute atomic E-state index is 0.0138. The molecule has 1 aliphatic heterocycles. The molecule has 5 rings (SSSR count). The normalized spacial score (nSPS) is 19.2. The number of hydrogen-bond acceptors (Lipinski definition) is 6. The first kappa shape index (κ1) is 24.5. The quantitative estimate of drug-likeness (QED) is 0.385. The van der Waals surface area contributed by atoms with Crippen LogP contribution in [-0.2, 0) is 9.53 Å². The molecule has 2 aliphatic rings. The molecule has 192 valence electrons. The Labute approximate surface area is 210 Å². The number of benzene rings is 1. The van der Waals surface area contributed by atoms with E-state index in [0.717, 1.165) is 12.8 Å². The van der Waals surface area contributed by atoms with E-state index >= 15 is 4.39 Å². The highest BCUT2D eigenvalue weighted by molar-refractivity contribution is 5.99. The lowest BCUT2D eigenvalue weighted by Crippen LogP contribution is -2.37. The number of hydrogen-bond donors (Lipinski definition) is 2. The third-order valence-corrected chi connectivity index (χ3v) is 6.76. The number of fused-ring (bicyclic) bond motifs is 1. The molecule has 0 spiro atoms. The molecular formula is C25H25F2N7O3. The van der Waals surface area contributed by atoms with Crippen LogP contribution in [0, 0.1) is 23.5 Å². The average Bonchev–Trinajstić information content (AvgIpc) is 3.33. The predicted octanol–water partition coefficient (Wildman–Crippen LogP) is 1.90. The summed E-state index contributed by atoms with van der Waals surface area (Å²) in [5.74, 6) is 2.04. The van der Waals surface area contributed by atoms with Gasteiger partial charge in [-0.2, -0.15) is 5.10 Å². The van der Waals surface area contributed by atoms with Crippen LogP contribution in [0.1, 0.15) is 53.0 Å². The molecule has 10 nitrogen and oxygen atoms in total. The van der Waals surface area contributed by atoms with Crippen LogP contribution < -0.4 is 11.5 Å². The van der Waals surface area contributed by atoms with Crippen LogP contribution in [-0.4, -0.2) is 62.3 Å². The van der Waals surface area contributed by atoms with Gasteiger partial charge in [0.25, 0.3) is 5.91 Å². The van der Waals surface area contributed by atoms with Crippen molar-refractivity contribution < 1.29 is 23.1 Å². The summed E-state index contributed by atoms with van der Waals surface area (Å²) < 4.78 is 38.4. The fourth-order valence-corrected chi connectivity index (χ4v) is 4.84. The number of halogens is 2. The highest BCUT2D eigenvalue weighted by atomic mass is 19.1. The van der Waals surface area contributed by atoms with Gasteiger partial charge in [-0.25, -0.2) is 18.4 Å². The molecule has 2 aromatic heterocycles. The second kappa shape index (κ2) is 9.33. The van der Waals surface area contributed by atoms with Crippen LogP contribution in [0.15, 0.2) is 25.0 Å². The molecule has 2 fully saturated rings. The third kappa shape index (κ3) is 4.21. The van der Waals surface area contributed by atoms with Gasteiger partial charge >= 0.3 is 0 Å². The van der Waals surface area contributed by atoms with Gasteiger partial charge in [0.2, 0.25) is 5.91 Å². The lowest BCUT2D eigenvalue weighted by Gasteiger charge is -2.22. The second-order valence-corrected chi connectivity index (χ2v) is 9.16. The molecule has 0 unspecified atom stereocenters. The minimum Gasteiger partial charge on any atom is -0.383 e. The number of ether oxygens (including phenoxy) is 1. The highest BCUT2D eigenvalue weighted by Gasteiger charge is 2.37. The number of amides is 2. The minimum atomic E-state index is -0.897. The number of imidazole rings is 1. The predicted molar refractivity (Wildman–Crippen MR) is 130 cm³/mol. The molecule has 3 aromatic rings. The van der Waals surface area contributed by atoms with E-state index in [-0.39, 0.29) is 53.7 Å². The summed E-state index contributed by atoms with van der Waals surface area (Å²) in [4.78, 5) is 30.2. The highest BCUT2D eigenvalue weighted by Crippen LogP contribution is 2.38. The van der Waals surface area contributed by atoms with E-state index < -0.39 is 29.1 Å². The van der Waals surface area contributed by atoms with Crippen molar-refractivity contribution in [3.63, 3.8) is 0 Å². The molecule has 1 aliphatic carbocycles. The van der Waals surface area contributed by atoms with Gasteiger partial charge in [0.15, 0.2) is 11.5 Å². The second-order valence-electron chi connectivity index (χ2n) is 9.16. The summed E-state index contributed by atoms with van der Waals surface area (Å²) in [7, 11) is 1.52. The van der Waals surface area contributed by atoms with Gasteiger partial charge in [0.1, 0.15) is 22.7 Å². The summed E-state index contributed by atoms with van der Waals surface area (Å²) in [6, 6.07) is 0.729. The Morgan fingerprint density at radius 3 is 2.70 bits per heavy atom. The molecule has 1 saturated heterocycles. The van der Waals surface area contributed by atoms with Crippen molar-refractivity contribution >= 4 is 28.7 Å². The molecule has 0 radical (unpaired) electrons. The van der Waals surface area contributed by atoms with Crippen LogP contribution in [0.2, 0.25) is 0 Å². The largest absolute Gasteiger partial charge is 0.383 e. The zero-order chi connectivity index (χ0) is 26.4. The van der Waals surface area contributed by atoms with Crippen molar-refractivity contribution in [1.29, 1.82) is 0 Å². The molecule has 2 atom stereocenters. The fourth-order valence-electron chi connectivity index (χ4n) is 4.84. The Kier molecular flexibility index (Phi) is 6.16. The smallest absolute Gasteiger partial charge is 0.255 e. The Balaban J connectivity index is 1.52. The van der Waals surface area contributed by atoms with E-state index in [1.54, 1.807) is 9.47 Å². The van der Waals surface area contributed by atoms with Crippen molar-refractivity contribution in [2.45, 2.75) is 37.4 Å². The summed E-state index contributed by atoms with van der Waals surface area (Å²) in [5, 5.41) is 4.35. The first-order chi connectivity index (χ1) is 17.7. The summed E-state index contributed by atoms with van der Waals surface area (Å²) in [5.41, 5.74) is 11.3. The van der Waals surface area contributed by atoms with E-state index in [2.05, 4.69) is 28.5 Å². The lowest BCUT2D eigenvalue weighted by atomic mass is 10.1. The summed E-state index contributed by atoms with van der Waals surface area (Å²) in [6.07, 6.45) is 5.01. The SMILES string of the molecule is C=CC(=O)N1C[C@@H](n2nc(C#Cc3c(F)cc4c(ncn4C4CC4)c3F)c(C(N)=O)c2N)C[C@@H]1COC. The van der Waals surface area contributed by atoms with Crippen LogP contribution in [0.3, 0.4) is 0 Å². The van der Waals surface area contributed by atoms with Gasteiger partial charge < -0.3 is 25.7 Å². The molecule has 4 N–H and O–H groups in total. The van der Waals surface area contributed by atoms with Crippen molar-refractivity contribution in [2.75, 3.05) is 26.0 Å². The average molecular weight is 510 g/mol. The number of carbonyl (C=O) groups excluding carboxylic acids is 2. The van der Waals surface area contributed by atoms with Gasteiger partial charge in [0, 0.05) is 25.8 Å². The van der Waals surface area contributed by atoms with Crippen molar-refractivity contribution in [3.05, 3.63) is 53.5 Å². The molecule has 37 heavy (non-hydrogen) atoms. The van der Waals surface area contributed by atoms with Crippen LogP contribution in [0.5, 0.6) is 0 Å². The van der Waals surface area contributed by atoms with Crippen molar-refractivity contribution in [2.24, 2.45) is 5.73 Å². The zero-order valence-corrected chi connectivity index (χ0v) is 20.1. The van der Waals surface area contributed by atoms with Crippen LogP contribution in [0.4, 0.5) is 14.6 Å². The Morgan fingerprint density at radius 1 is 1.30 bits per heavy atom. The molecule has 2 amide bonds. The van der Waals surface area contributed by atoms with Gasteiger partial charge in [0.05, 0.1) is 36.1 Å². The zero-order valence-electron chi connectivity index (χ0n) is 20.1. The lowest BCUT2D eigenvalue weighted by molar-refractivity contribution is -0.127. The molecule has 3 heterocycles. The van der Waals surface area contributed by atoms with E-state index in [1.165, 1.54) is 30.3 Å². The number of aromatic nitrogens is 4. The monoisotopic (exact) mass is 509 g/mol. The summed E-state index contributed by atoms with van der Waals surface area (Å²) in [6.45, 7) is 4.05. The van der Waals surface area contributed by atoms with Gasteiger partial charge in [-0.15, -0.1) is 0 Å². The topological polar surface area (TPSA) is 134 Å². The number of nitrogens with two attached hydrogens (primary N) is 2. The van der Waals surface area contributed by atoms with Crippen LogP contribution >= 0.6 is 0 Å². The molecule has 12 heteroatoms. The standard InChI is InChI=1S/C25H25F2N7O3/c1-3-20(35)32-10-14(8-15(32)11-37-2)34-24(28)21(25(29)36)18(31-34)7-6-16-17(26)9-19-23(22(16)27)30-12-33(19)13-4-5-13/h3,9,12-15H,1,4-5,8,10-11,28H2,2H3,(H2,29,36)/t14-,15+/m0/s1. The number of likely N-dealkylation sites (tertiary alicyclic amines) is 1. The first-order valence-electron chi connectivity index (χ1n) is 11.7. The molecule has 0 bridgehead atoms. The number of nitrogen functional groups attached to an aromatic ring is 1. The third-order valence-electron chi connectivity index (χ3n) is 6.76.